The molecule has 1 aromatic heterocycles. The number of aryl methyl sites for hydroxylation is 2. The Kier molecular flexibility index (Phi) is 7.94. The molecule has 1 saturated heterocycles. The van der Waals surface area contributed by atoms with E-state index in [-0.39, 0.29) is 11.5 Å². The highest BCUT2D eigenvalue weighted by atomic mass is 16.5. The zero-order chi connectivity index (χ0) is 19.0. The number of guanidine groups is 1. The lowest BCUT2D eigenvalue weighted by Crippen LogP contribution is -2.43. The van der Waals surface area contributed by atoms with Crippen molar-refractivity contribution < 1.29 is 4.74 Å². The number of hydrogen-bond acceptors (Lipinski definition) is 3. The van der Waals surface area contributed by atoms with Crippen molar-refractivity contribution in [1.29, 1.82) is 0 Å². The summed E-state index contributed by atoms with van der Waals surface area (Å²) in [5.41, 5.74) is 2.62. The van der Waals surface area contributed by atoms with E-state index in [4.69, 9.17) is 9.73 Å². The maximum Gasteiger partial charge on any atom is 0.191 e. The molecule has 1 aliphatic rings. The quantitative estimate of drug-likeness (QED) is 0.395. The minimum absolute atomic E-state index is 0.162. The Hall–Kier alpha value is -1.56. The largest absolute Gasteiger partial charge is 0.377 e. The lowest BCUT2D eigenvalue weighted by molar-refractivity contribution is -0.0823. The summed E-state index contributed by atoms with van der Waals surface area (Å²) in [6, 6.07) is 0. The number of H-pyrrole nitrogens is 1. The van der Waals surface area contributed by atoms with Crippen molar-refractivity contribution in [3.63, 3.8) is 0 Å². The zero-order valence-electron chi connectivity index (χ0n) is 17.2. The van der Waals surface area contributed by atoms with Gasteiger partial charge in [0.1, 0.15) is 0 Å². The fourth-order valence-electron chi connectivity index (χ4n) is 3.65. The van der Waals surface area contributed by atoms with E-state index in [0.717, 1.165) is 57.2 Å². The number of rotatable bonds is 7. The first kappa shape index (κ1) is 20.7. The van der Waals surface area contributed by atoms with E-state index in [1.54, 1.807) is 0 Å². The molecule has 0 saturated carbocycles. The third kappa shape index (κ3) is 6.31. The summed E-state index contributed by atoms with van der Waals surface area (Å²) >= 11 is 0. The van der Waals surface area contributed by atoms with Gasteiger partial charge in [0.2, 0.25) is 0 Å². The van der Waals surface area contributed by atoms with Gasteiger partial charge in [0.25, 0.3) is 0 Å². The summed E-state index contributed by atoms with van der Waals surface area (Å²) in [4.78, 5) is 4.85. The normalized spacial score (nSPS) is 21.7. The van der Waals surface area contributed by atoms with Gasteiger partial charge in [-0.15, -0.1) is 0 Å². The van der Waals surface area contributed by atoms with Crippen molar-refractivity contribution in [2.75, 3.05) is 26.2 Å². The van der Waals surface area contributed by atoms with Crippen molar-refractivity contribution in [3.05, 3.63) is 17.5 Å². The molecular formula is C20H37N5O. The predicted molar refractivity (Wildman–Crippen MR) is 108 cm³/mol. The van der Waals surface area contributed by atoms with Crippen molar-refractivity contribution in [2.45, 2.75) is 66.4 Å². The van der Waals surface area contributed by atoms with Crippen molar-refractivity contribution >= 4 is 5.96 Å². The van der Waals surface area contributed by atoms with E-state index in [2.05, 4.69) is 55.4 Å². The van der Waals surface area contributed by atoms with Crippen LogP contribution in [-0.4, -0.2) is 48.5 Å². The van der Waals surface area contributed by atoms with E-state index in [1.165, 1.54) is 12.0 Å². The first-order valence-electron chi connectivity index (χ1n) is 10.0. The van der Waals surface area contributed by atoms with E-state index < -0.39 is 0 Å². The van der Waals surface area contributed by atoms with Crippen LogP contribution in [0.4, 0.5) is 0 Å². The molecule has 1 aromatic rings. The van der Waals surface area contributed by atoms with Crippen molar-refractivity contribution in [3.8, 4) is 0 Å². The Morgan fingerprint density at radius 2 is 2.19 bits per heavy atom. The Labute approximate surface area is 158 Å². The summed E-state index contributed by atoms with van der Waals surface area (Å²) in [7, 11) is 0. The lowest BCUT2D eigenvalue weighted by Gasteiger charge is -2.39. The van der Waals surface area contributed by atoms with Crippen LogP contribution in [0.25, 0.3) is 0 Å². The number of nitrogens with one attached hydrogen (secondary N) is 3. The molecule has 0 spiro atoms. The number of hydrogen-bond donors (Lipinski definition) is 3. The lowest BCUT2D eigenvalue weighted by atomic mass is 9.78. The summed E-state index contributed by atoms with van der Waals surface area (Å²) in [5, 5.41) is 13.9. The molecule has 26 heavy (non-hydrogen) atoms. The minimum atomic E-state index is 0.162. The van der Waals surface area contributed by atoms with Gasteiger partial charge in [0, 0.05) is 37.9 Å². The minimum Gasteiger partial charge on any atom is -0.377 e. The van der Waals surface area contributed by atoms with Gasteiger partial charge in [-0.05, 0) is 50.5 Å². The third-order valence-corrected chi connectivity index (χ3v) is 4.98. The molecule has 2 rings (SSSR count). The van der Waals surface area contributed by atoms with Crippen molar-refractivity contribution in [1.82, 2.24) is 20.8 Å². The SMILES string of the molecule is CCNC(=NCC1CCCOC1C(C)(C)C)NCCCc1cn[nH]c1C. The smallest absolute Gasteiger partial charge is 0.191 e. The van der Waals surface area contributed by atoms with Gasteiger partial charge in [-0.3, -0.25) is 10.1 Å². The zero-order valence-corrected chi connectivity index (χ0v) is 17.2. The fourth-order valence-corrected chi connectivity index (χ4v) is 3.65. The van der Waals surface area contributed by atoms with Gasteiger partial charge in [-0.1, -0.05) is 20.8 Å². The van der Waals surface area contributed by atoms with Gasteiger partial charge < -0.3 is 15.4 Å². The fraction of sp³-hybridized carbons (Fsp3) is 0.800. The van der Waals surface area contributed by atoms with Crippen LogP contribution in [-0.2, 0) is 11.2 Å². The second kappa shape index (κ2) is 9.95. The third-order valence-electron chi connectivity index (χ3n) is 4.98. The van der Waals surface area contributed by atoms with Gasteiger partial charge in [0.15, 0.2) is 5.96 Å². The summed E-state index contributed by atoms with van der Waals surface area (Å²) in [6.07, 6.45) is 6.63. The highest BCUT2D eigenvalue weighted by molar-refractivity contribution is 5.79. The van der Waals surface area contributed by atoms with Crippen LogP contribution in [0.3, 0.4) is 0 Å². The average molecular weight is 364 g/mol. The number of aromatic amines is 1. The van der Waals surface area contributed by atoms with Crippen LogP contribution in [0.2, 0.25) is 0 Å². The topological polar surface area (TPSA) is 74.3 Å². The molecule has 2 atom stereocenters. The Morgan fingerprint density at radius 1 is 1.38 bits per heavy atom. The monoisotopic (exact) mass is 363 g/mol. The first-order chi connectivity index (χ1) is 12.4. The Bertz CT molecular complexity index is 561. The predicted octanol–water partition coefficient (Wildman–Crippen LogP) is 3.05. The van der Waals surface area contributed by atoms with Crippen molar-refractivity contribution in [2.24, 2.45) is 16.3 Å². The average Bonchev–Trinajstić information content (AvgIpc) is 3.01. The van der Waals surface area contributed by atoms with Crippen LogP contribution >= 0.6 is 0 Å². The maximum atomic E-state index is 6.08. The van der Waals surface area contributed by atoms with E-state index >= 15 is 0 Å². The molecule has 0 bridgehead atoms. The molecule has 6 nitrogen and oxygen atoms in total. The molecule has 3 N–H and O–H groups in total. The van der Waals surface area contributed by atoms with Crippen LogP contribution in [0, 0.1) is 18.3 Å². The number of nitrogens with zero attached hydrogens (tertiary/aromatic N) is 2. The molecule has 2 unspecified atom stereocenters. The van der Waals surface area contributed by atoms with Crippen LogP contribution in [0.15, 0.2) is 11.2 Å². The Balaban J connectivity index is 1.83. The van der Waals surface area contributed by atoms with Gasteiger partial charge >= 0.3 is 0 Å². The summed E-state index contributed by atoms with van der Waals surface area (Å²) in [6.45, 7) is 14.4. The highest BCUT2D eigenvalue weighted by Crippen LogP contribution is 2.34. The molecule has 1 aliphatic heterocycles. The number of aromatic nitrogens is 2. The summed E-state index contributed by atoms with van der Waals surface area (Å²) in [5.74, 6) is 1.41. The van der Waals surface area contributed by atoms with Crippen LogP contribution < -0.4 is 10.6 Å². The van der Waals surface area contributed by atoms with Gasteiger partial charge in [0.05, 0.1) is 12.3 Å². The molecule has 0 radical (unpaired) electrons. The molecule has 0 aliphatic carbocycles. The molecule has 6 heteroatoms. The second-order valence-corrected chi connectivity index (χ2v) is 8.33. The van der Waals surface area contributed by atoms with Crippen LogP contribution in [0.5, 0.6) is 0 Å². The first-order valence-corrected chi connectivity index (χ1v) is 10.0. The van der Waals surface area contributed by atoms with Gasteiger partial charge in [-0.2, -0.15) is 5.10 Å². The molecular weight excluding hydrogens is 326 g/mol. The summed E-state index contributed by atoms with van der Waals surface area (Å²) < 4.78 is 6.08. The van der Waals surface area contributed by atoms with E-state index in [9.17, 15) is 0 Å². The molecule has 0 amide bonds. The molecule has 1 fully saturated rings. The second-order valence-electron chi connectivity index (χ2n) is 8.33. The van der Waals surface area contributed by atoms with E-state index in [1.807, 2.05) is 6.20 Å². The number of ether oxygens (including phenoxy) is 1. The van der Waals surface area contributed by atoms with Gasteiger partial charge in [-0.25, -0.2) is 0 Å². The number of aliphatic imine (C=N–C) groups is 1. The van der Waals surface area contributed by atoms with E-state index in [0.29, 0.717) is 5.92 Å². The van der Waals surface area contributed by atoms with Crippen LogP contribution in [0.1, 0.15) is 58.2 Å². The Morgan fingerprint density at radius 3 is 2.85 bits per heavy atom. The maximum absolute atomic E-state index is 6.08. The highest BCUT2D eigenvalue weighted by Gasteiger charge is 2.35. The molecule has 0 aromatic carbocycles. The standard InChI is InChI=1S/C20H37N5O/c1-6-21-19(22-11-7-9-16-14-24-25-15(16)2)23-13-17-10-8-12-26-18(17)20(3,4)5/h14,17-18H,6-13H2,1-5H3,(H,24,25)(H2,21,22,23). The molecule has 2 heterocycles. The molecule has 148 valence electrons.